The molecule has 0 amide bonds. The standard InChI is InChI=1S/C21H26N2/c1-15(2)16(3)12-17-13-21(23-14-17)20-6-4-18(5-7-20)19-8-10-22-11-9-19/h4-11,15-17H,12-14H2,1-3H3. The van der Waals surface area contributed by atoms with Gasteiger partial charge in [0.15, 0.2) is 0 Å². The van der Waals surface area contributed by atoms with Crippen molar-refractivity contribution < 1.29 is 0 Å². The van der Waals surface area contributed by atoms with Gasteiger partial charge in [-0.25, -0.2) is 0 Å². The number of benzene rings is 1. The van der Waals surface area contributed by atoms with Crippen LogP contribution in [0.15, 0.2) is 53.8 Å². The van der Waals surface area contributed by atoms with Gasteiger partial charge in [-0.05, 0) is 59.4 Å². The highest BCUT2D eigenvalue weighted by Crippen LogP contribution is 2.28. The normalized spacial score (nSPS) is 19.0. The summed E-state index contributed by atoms with van der Waals surface area (Å²) < 4.78 is 0. The maximum atomic E-state index is 4.81. The number of pyridine rings is 1. The van der Waals surface area contributed by atoms with E-state index in [2.05, 4.69) is 50.0 Å². The summed E-state index contributed by atoms with van der Waals surface area (Å²) in [7, 11) is 0. The van der Waals surface area contributed by atoms with Crippen molar-refractivity contribution in [3.63, 3.8) is 0 Å². The number of rotatable bonds is 5. The zero-order valence-electron chi connectivity index (χ0n) is 14.4. The van der Waals surface area contributed by atoms with Crippen LogP contribution >= 0.6 is 0 Å². The van der Waals surface area contributed by atoms with Crippen LogP contribution in [0.5, 0.6) is 0 Å². The molecule has 2 heteroatoms. The van der Waals surface area contributed by atoms with E-state index in [1.54, 1.807) is 0 Å². The summed E-state index contributed by atoms with van der Waals surface area (Å²) in [5.74, 6) is 2.27. The van der Waals surface area contributed by atoms with Crippen molar-refractivity contribution in [3.05, 3.63) is 54.4 Å². The van der Waals surface area contributed by atoms with Crippen LogP contribution in [0.2, 0.25) is 0 Å². The smallest absolute Gasteiger partial charge is 0.0424 e. The molecule has 0 saturated carbocycles. The zero-order chi connectivity index (χ0) is 16.2. The monoisotopic (exact) mass is 306 g/mol. The molecule has 2 nitrogen and oxygen atoms in total. The predicted molar refractivity (Wildman–Crippen MR) is 97.8 cm³/mol. The second-order valence-corrected chi connectivity index (χ2v) is 7.13. The lowest BCUT2D eigenvalue weighted by Gasteiger charge is -2.19. The molecule has 0 bridgehead atoms. The molecule has 1 aliphatic rings. The first-order valence-corrected chi connectivity index (χ1v) is 8.67. The van der Waals surface area contributed by atoms with E-state index in [9.17, 15) is 0 Å². The highest BCUT2D eigenvalue weighted by atomic mass is 14.8. The summed E-state index contributed by atoms with van der Waals surface area (Å²) in [5, 5.41) is 0. The van der Waals surface area contributed by atoms with Gasteiger partial charge in [0.1, 0.15) is 0 Å². The van der Waals surface area contributed by atoms with E-state index in [1.165, 1.54) is 28.8 Å². The van der Waals surface area contributed by atoms with Crippen molar-refractivity contribution in [3.8, 4) is 11.1 Å². The van der Waals surface area contributed by atoms with E-state index >= 15 is 0 Å². The average molecular weight is 306 g/mol. The Morgan fingerprint density at radius 3 is 2.17 bits per heavy atom. The molecule has 0 radical (unpaired) electrons. The van der Waals surface area contributed by atoms with Crippen molar-refractivity contribution in [1.29, 1.82) is 0 Å². The molecule has 0 spiro atoms. The first-order valence-electron chi connectivity index (χ1n) is 8.67. The third-order valence-electron chi connectivity index (χ3n) is 5.10. The maximum absolute atomic E-state index is 4.81. The third kappa shape index (κ3) is 3.87. The van der Waals surface area contributed by atoms with Crippen LogP contribution in [-0.4, -0.2) is 17.2 Å². The fraction of sp³-hybridized carbons (Fsp3) is 0.429. The second kappa shape index (κ2) is 7.08. The molecule has 3 rings (SSSR count). The first-order chi connectivity index (χ1) is 11.1. The van der Waals surface area contributed by atoms with Gasteiger partial charge in [0.05, 0.1) is 0 Å². The largest absolute Gasteiger partial charge is 0.289 e. The van der Waals surface area contributed by atoms with Gasteiger partial charge in [-0.3, -0.25) is 9.98 Å². The molecule has 0 aliphatic carbocycles. The van der Waals surface area contributed by atoms with Gasteiger partial charge < -0.3 is 0 Å². The first kappa shape index (κ1) is 15.9. The third-order valence-corrected chi connectivity index (χ3v) is 5.10. The van der Waals surface area contributed by atoms with Crippen molar-refractivity contribution >= 4 is 5.71 Å². The molecule has 1 aliphatic heterocycles. The van der Waals surface area contributed by atoms with Crippen molar-refractivity contribution in [2.75, 3.05) is 6.54 Å². The van der Waals surface area contributed by atoms with E-state index in [-0.39, 0.29) is 0 Å². The van der Waals surface area contributed by atoms with Gasteiger partial charge in [0.25, 0.3) is 0 Å². The summed E-state index contributed by atoms with van der Waals surface area (Å²) in [4.78, 5) is 8.89. The van der Waals surface area contributed by atoms with E-state index in [0.29, 0.717) is 0 Å². The molecule has 0 saturated heterocycles. The fourth-order valence-corrected chi connectivity index (χ4v) is 3.21. The lowest BCUT2D eigenvalue weighted by atomic mass is 9.86. The Balaban J connectivity index is 1.65. The summed E-state index contributed by atoms with van der Waals surface area (Å²) in [6.45, 7) is 8.00. The summed E-state index contributed by atoms with van der Waals surface area (Å²) >= 11 is 0. The molecule has 2 unspecified atom stereocenters. The minimum atomic E-state index is 0.724. The molecule has 2 atom stereocenters. The van der Waals surface area contributed by atoms with Crippen LogP contribution in [0.1, 0.15) is 39.2 Å². The van der Waals surface area contributed by atoms with E-state index in [4.69, 9.17) is 4.99 Å². The molecule has 0 N–H and O–H groups in total. The Labute approximate surface area is 139 Å². The van der Waals surface area contributed by atoms with Crippen molar-refractivity contribution in [1.82, 2.24) is 4.98 Å². The number of nitrogens with zero attached hydrogens (tertiary/aromatic N) is 2. The van der Waals surface area contributed by atoms with Crippen LogP contribution in [0.3, 0.4) is 0 Å². The molecule has 1 aromatic heterocycles. The lowest BCUT2D eigenvalue weighted by molar-refractivity contribution is 0.334. The van der Waals surface area contributed by atoms with Gasteiger partial charge in [0, 0.05) is 24.7 Å². The highest BCUT2D eigenvalue weighted by Gasteiger charge is 2.22. The van der Waals surface area contributed by atoms with Crippen LogP contribution in [0.25, 0.3) is 11.1 Å². The molecule has 0 fully saturated rings. The van der Waals surface area contributed by atoms with Gasteiger partial charge >= 0.3 is 0 Å². The van der Waals surface area contributed by atoms with Gasteiger partial charge in [-0.15, -0.1) is 0 Å². The lowest BCUT2D eigenvalue weighted by Crippen LogP contribution is -2.12. The Bertz CT molecular complexity index is 656. The SMILES string of the molecule is CC(C)C(C)CC1CN=C(c2ccc(-c3ccncc3)cc2)C1. The zero-order valence-corrected chi connectivity index (χ0v) is 14.4. The number of hydrogen-bond donors (Lipinski definition) is 0. The average Bonchev–Trinajstić information content (AvgIpc) is 3.04. The van der Waals surface area contributed by atoms with Crippen LogP contribution in [0.4, 0.5) is 0 Å². The Morgan fingerprint density at radius 2 is 1.52 bits per heavy atom. The molecule has 1 aromatic carbocycles. The Hall–Kier alpha value is -1.96. The fourth-order valence-electron chi connectivity index (χ4n) is 3.21. The molecular weight excluding hydrogens is 280 g/mol. The minimum Gasteiger partial charge on any atom is -0.289 e. The van der Waals surface area contributed by atoms with Crippen LogP contribution < -0.4 is 0 Å². The molecular formula is C21H26N2. The number of aliphatic imine (C=N–C) groups is 1. The molecule has 2 aromatic rings. The van der Waals surface area contributed by atoms with Gasteiger partial charge in [0.2, 0.25) is 0 Å². The van der Waals surface area contributed by atoms with E-state index < -0.39 is 0 Å². The van der Waals surface area contributed by atoms with Gasteiger partial charge in [-0.1, -0.05) is 45.0 Å². The molecule has 23 heavy (non-hydrogen) atoms. The van der Waals surface area contributed by atoms with E-state index in [1.807, 2.05) is 24.5 Å². The Kier molecular flexibility index (Phi) is 4.90. The second-order valence-electron chi connectivity index (χ2n) is 7.13. The van der Waals surface area contributed by atoms with E-state index in [0.717, 1.165) is 30.7 Å². The topological polar surface area (TPSA) is 25.2 Å². The highest BCUT2D eigenvalue weighted by molar-refractivity contribution is 6.02. The number of hydrogen-bond acceptors (Lipinski definition) is 2. The Morgan fingerprint density at radius 1 is 0.913 bits per heavy atom. The summed E-state index contributed by atoms with van der Waals surface area (Å²) in [6, 6.07) is 12.9. The maximum Gasteiger partial charge on any atom is 0.0424 e. The summed E-state index contributed by atoms with van der Waals surface area (Å²) in [6.07, 6.45) is 6.10. The van der Waals surface area contributed by atoms with Crippen LogP contribution in [0, 0.1) is 17.8 Å². The van der Waals surface area contributed by atoms with Crippen molar-refractivity contribution in [2.24, 2.45) is 22.7 Å². The quantitative estimate of drug-likeness (QED) is 0.741. The summed E-state index contributed by atoms with van der Waals surface area (Å²) in [5.41, 5.74) is 5.01. The van der Waals surface area contributed by atoms with Crippen LogP contribution in [-0.2, 0) is 0 Å². The molecule has 2 heterocycles. The molecule has 120 valence electrons. The predicted octanol–water partition coefficient (Wildman–Crippen LogP) is 5.24. The van der Waals surface area contributed by atoms with Gasteiger partial charge in [-0.2, -0.15) is 0 Å². The van der Waals surface area contributed by atoms with Crippen molar-refractivity contribution in [2.45, 2.75) is 33.6 Å². The number of aromatic nitrogens is 1. The minimum absolute atomic E-state index is 0.724.